The first kappa shape index (κ1) is 22.5. The predicted molar refractivity (Wildman–Crippen MR) is 125 cm³/mol. The van der Waals surface area contributed by atoms with E-state index < -0.39 is 0 Å². The van der Waals surface area contributed by atoms with Gasteiger partial charge in [0.25, 0.3) is 5.56 Å². The van der Waals surface area contributed by atoms with Gasteiger partial charge in [-0.1, -0.05) is 38.1 Å². The molecule has 7 nitrogen and oxygen atoms in total. The van der Waals surface area contributed by atoms with Crippen LogP contribution in [0.3, 0.4) is 0 Å². The average molecular weight is 439 g/mol. The molecular formula is C25H34N4O3. The number of nitrogens with zero attached hydrogens (tertiary/aromatic N) is 3. The van der Waals surface area contributed by atoms with E-state index in [0.29, 0.717) is 74.9 Å². The zero-order valence-corrected chi connectivity index (χ0v) is 19.4. The van der Waals surface area contributed by atoms with Crippen LogP contribution < -0.4 is 10.5 Å². The number of carbonyl (C=O) groups excluding carboxylic acids is 1. The lowest BCUT2D eigenvalue weighted by molar-refractivity contribution is -0.132. The number of benzene rings is 1. The summed E-state index contributed by atoms with van der Waals surface area (Å²) in [4.78, 5) is 37.4. The van der Waals surface area contributed by atoms with Crippen LogP contribution in [0.1, 0.15) is 61.4 Å². The summed E-state index contributed by atoms with van der Waals surface area (Å²) in [6.45, 7) is 9.55. The summed E-state index contributed by atoms with van der Waals surface area (Å²) in [6, 6.07) is 8.89. The number of morpholine rings is 1. The predicted octanol–water partition coefficient (Wildman–Crippen LogP) is 3.16. The number of hydrogen-bond acceptors (Lipinski definition) is 5. The van der Waals surface area contributed by atoms with Crippen molar-refractivity contribution in [1.82, 2.24) is 14.9 Å². The topological polar surface area (TPSA) is 78.5 Å². The van der Waals surface area contributed by atoms with E-state index in [4.69, 9.17) is 4.74 Å². The Balaban J connectivity index is 1.40. The average Bonchev–Trinajstić information content (AvgIpc) is 3.63. The molecular weight excluding hydrogens is 404 g/mol. The van der Waals surface area contributed by atoms with Crippen molar-refractivity contribution in [1.29, 1.82) is 0 Å². The maximum Gasteiger partial charge on any atom is 0.255 e. The van der Waals surface area contributed by atoms with Crippen molar-refractivity contribution < 1.29 is 9.53 Å². The van der Waals surface area contributed by atoms with Crippen molar-refractivity contribution in [2.45, 2.75) is 65.0 Å². The molecule has 0 unspecified atom stereocenters. The Kier molecular flexibility index (Phi) is 6.94. The van der Waals surface area contributed by atoms with E-state index in [9.17, 15) is 9.59 Å². The minimum absolute atomic E-state index is 0.108. The lowest BCUT2D eigenvalue weighted by Crippen LogP contribution is -2.39. The van der Waals surface area contributed by atoms with Crippen LogP contribution in [-0.4, -0.2) is 53.1 Å². The van der Waals surface area contributed by atoms with Crippen LogP contribution in [0.15, 0.2) is 29.1 Å². The molecule has 1 N–H and O–H groups in total. The van der Waals surface area contributed by atoms with Crippen molar-refractivity contribution in [3.8, 4) is 0 Å². The van der Waals surface area contributed by atoms with E-state index in [1.807, 2.05) is 16.7 Å². The number of aryl methyl sites for hydroxylation is 1. The van der Waals surface area contributed by atoms with Crippen molar-refractivity contribution in [3.05, 3.63) is 57.0 Å². The molecule has 2 fully saturated rings. The van der Waals surface area contributed by atoms with E-state index in [2.05, 4.69) is 48.1 Å². The van der Waals surface area contributed by atoms with E-state index in [1.165, 1.54) is 5.56 Å². The van der Waals surface area contributed by atoms with Gasteiger partial charge in [-0.3, -0.25) is 14.6 Å². The highest BCUT2D eigenvalue weighted by atomic mass is 16.5. The Morgan fingerprint density at radius 2 is 1.91 bits per heavy atom. The number of ether oxygens (including phenoxy) is 1. The van der Waals surface area contributed by atoms with Crippen LogP contribution in [0.5, 0.6) is 0 Å². The number of anilines is 1. The third kappa shape index (κ3) is 5.38. The SMILES string of the molecule is Cc1nc(N2CCOCC2)[nH]c(=O)c1CCC(=O)N(Cc1ccc(C(C)C)cc1)C1CC1. The van der Waals surface area contributed by atoms with Crippen LogP contribution in [0.4, 0.5) is 5.95 Å². The van der Waals surface area contributed by atoms with E-state index in [-0.39, 0.29) is 11.5 Å². The molecule has 32 heavy (non-hydrogen) atoms. The van der Waals surface area contributed by atoms with Gasteiger partial charge >= 0.3 is 0 Å². The first-order valence-corrected chi connectivity index (χ1v) is 11.7. The number of nitrogens with one attached hydrogen (secondary N) is 1. The fourth-order valence-corrected chi connectivity index (χ4v) is 4.20. The van der Waals surface area contributed by atoms with Gasteiger partial charge in [-0.05, 0) is 43.2 Å². The molecule has 2 heterocycles. The number of aromatic amines is 1. The summed E-state index contributed by atoms with van der Waals surface area (Å²) >= 11 is 0. The summed E-state index contributed by atoms with van der Waals surface area (Å²) in [7, 11) is 0. The number of aromatic nitrogens is 2. The third-order valence-electron chi connectivity index (χ3n) is 6.42. The van der Waals surface area contributed by atoms with Crippen LogP contribution in [0, 0.1) is 6.92 Å². The molecule has 2 aliphatic rings. The van der Waals surface area contributed by atoms with Gasteiger partial charge in [-0.2, -0.15) is 0 Å². The van der Waals surface area contributed by atoms with Gasteiger partial charge in [0.2, 0.25) is 11.9 Å². The minimum atomic E-state index is -0.144. The molecule has 2 aromatic rings. The zero-order valence-electron chi connectivity index (χ0n) is 19.4. The maximum absolute atomic E-state index is 13.1. The van der Waals surface area contributed by atoms with Gasteiger partial charge in [-0.15, -0.1) is 0 Å². The Bertz CT molecular complexity index is 989. The molecule has 0 radical (unpaired) electrons. The quantitative estimate of drug-likeness (QED) is 0.685. The maximum atomic E-state index is 13.1. The summed E-state index contributed by atoms with van der Waals surface area (Å²) < 4.78 is 5.37. The lowest BCUT2D eigenvalue weighted by Gasteiger charge is -2.27. The lowest BCUT2D eigenvalue weighted by atomic mass is 10.0. The second-order valence-corrected chi connectivity index (χ2v) is 9.20. The Morgan fingerprint density at radius 3 is 2.50 bits per heavy atom. The Labute approximate surface area is 189 Å². The molecule has 1 saturated heterocycles. The molecule has 1 aliphatic heterocycles. The fraction of sp³-hybridized carbons (Fsp3) is 0.560. The number of hydrogen-bond donors (Lipinski definition) is 1. The molecule has 1 aliphatic carbocycles. The highest BCUT2D eigenvalue weighted by molar-refractivity contribution is 5.77. The number of rotatable bonds is 8. The van der Waals surface area contributed by atoms with Gasteiger partial charge in [0.05, 0.1) is 13.2 Å². The second-order valence-electron chi connectivity index (χ2n) is 9.20. The molecule has 1 aromatic heterocycles. The van der Waals surface area contributed by atoms with Crippen molar-refractivity contribution in [2.75, 3.05) is 31.2 Å². The third-order valence-corrected chi connectivity index (χ3v) is 6.42. The van der Waals surface area contributed by atoms with E-state index in [0.717, 1.165) is 18.4 Å². The zero-order chi connectivity index (χ0) is 22.7. The molecule has 0 spiro atoms. The highest BCUT2D eigenvalue weighted by Crippen LogP contribution is 2.29. The first-order valence-electron chi connectivity index (χ1n) is 11.7. The minimum Gasteiger partial charge on any atom is -0.378 e. The van der Waals surface area contributed by atoms with Crippen molar-refractivity contribution in [2.24, 2.45) is 0 Å². The normalized spacial score (nSPS) is 16.4. The largest absolute Gasteiger partial charge is 0.378 e. The Morgan fingerprint density at radius 1 is 1.22 bits per heavy atom. The van der Waals surface area contributed by atoms with E-state index in [1.54, 1.807) is 0 Å². The summed E-state index contributed by atoms with van der Waals surface area (Å²) in [5, 5.41) is 0. The highest BCUT2D eigenvalue weighted by Gasteiger charge is 2.32. The van der Waals surface area contributed by atoms with Crippen LogP contribution in [0.25, 0.3) is 0 Å². The van der Waals surface area contributed by atoms with Gasteiger partial charge < -0.3 is 14.5 Å². The second kappa shape index (κ2) is 9.86. The molecule has 1 aromatic carbocycles. The van der Waals surface area contributed by atoms with Gasteiger partial charge in [-0.25, -0.2) is 4.98 Å². The van der Waals surface area contributed by atoms with Gasteiger partial charge in [0.15, 0.2) is 0 Å². The smallest absolute Gasteiger partial charge is 0.255 e. The van der Waals surface area contributed by atoms with Crippen LogP contribution >= 0.6 is 0 Å². The molecule has 1 amide bonds. The summed E-state index contributed by atoms with van der Waals surface area (Å²) in [6.07, 6.45) is 2.85. The standard InChI is InChI=1S/C25H34N4O3/c1-17(2)20-6-4-19(5-7-20)16-29(21-8-9-21)23(30)11-10-22-18(3)26-25(27-24(22)31)28-12-14-32-15-13-28/h4-7,17,21H,8-16H2,1-3H3,(H,26,27,31). The van der Waals surface area contributed by atoms with Gasteiger partial charge in [0, 0.05) is 43.4 Å². The molecule has 7 heteroatoms. The molecule has 172 valence electrons. The molecule has 4 rings (SSSR count). The number of carbonyl (C=O) groups is 1. The van der Waals surface area contributed by atoms with Crippen molar-refractivity contribution >= 4 is 11.9 Å². The van der Waals surface area contributed by atoms with Crippen LogP contribution in [0.2, 0.25) is 0 Å². The Hall–Kier alpha value is -2.67. The monoisotopic (exact) mass is 438 g/mol. The van der Waals surface area contributed by atoms with E-state index >= 15 is 0 Å². The molecule has 0 bridgehead atoms. The number of amides is 1. The van der Waals surface area contributed by atoms with Crippen LogP contribution in [-0.2, 0) is 22.5 Å². The molecule has 1 saturated carbocycles. The van der Waals surface area contributed by atoms with Crippen molar-refractivity contribution in [3.63, 3.8) is 0 Å². The fourth-order valence-electron chi connectivity index (χ4n) is 4.20. The molecule has 0 atom stereocenters. The summed E-state index contributed by atoms with van der Waals surface area (Å²) in [5.41, 5.74) is 3.62. The summed E-state index contributed by atoms with van der Waals surface area (Å²) in [5.74, 6) is 1.20. The number of H-pyrrole nitrogens is 1. The first-order chi connectivity index (χ1) is 15.4. The van der Waals surface area contributed by atoms with Gasteiger partial charge in [0.1, 0.15) is 0 Å².